The molecule has 0 radical (unpaired) electrons. The Hall–Kier alpha value is -4.28. The maximum Gasteiger partial charge on any atom is 0.273 e. The van der Waals surface area contributed by atoms with Crippen LogP contribution in [0.15, 0.2) is 42.7 Å². The van der Waals surface area contributed by atoms with Crippen molar-refractivity contribution in [2.45, 2.75) is 6.92 Å². The van der Waals surface area contributed by atoms with E-state index >= 15 is 0 Å². The van der Waals surface area contributed by atoms with Gasteiger partial charge in [-0.2, -0.15) is 5.10 Å². The first-order valence-electron chi connectivity index (χ1n) is 10.5. The molecule has 3 rings (SSSR count). The van der Waals surface area contributed by atoms with Gasteiger partial charge in [0, 0.05) is 24.2 Å². The summed E-state index contributed by atoms with van der Waals surface area (Å²) < 4.78 is 29.0. The maximum absolute atomic E-state index is 12.6. The van der Waals surface area contributed by atoms with Crippen LogP contribution in [0.5, 0.6) is 5.75 Å². The number of benzene rings is 1. The highest BCUT2D eigenvalue weighted by Crippen LogP contribution is 2.37. The van der Waals surface area contributed by atoms with E-state index in [9.17, 15) is 9.59 Å². The van der Waals surface area contributed by atoms with Gasteiger partial charge in [0.25, 0.3) is 5.91 Å². The minimum absolute atomic E-state index is 0.0394. The van der Waals surface area contributed by atoms with Crippen molar-refractivity contribution < 1.29 is 18.4 Å². The molecule has 0 unspecified atom stereocenters. The zero-order valence-electron chi connectivity index (χ0n) is 20.0. The minimum Gasteiger partial charge on any atom is -0.494 e. The molecule has 0 saturated carbocycles. The van der Waals surface area contributed by atoms with Crippen molar-refractivity contribution >= 4 is 29.0 Å². The molecule has 0 aliphatic rings. The standard InChI is InChI=1S/C20H22N8O3/c1-5-7-16(29)24-15-10-14(17(26-25-15)20(30)21-2)23-13-9-6-8-12(18(13)31-4)19-22-11-28(3)27-19/h5-11H,1-4H3,(H,21,30)(H2,23,24,25,29)/i2D3. The Bertz CT molecular complexity index is 1240. The predicted octanol–water partition coefficient (Wildman–Crippen LogP) is 1.90. The van der Waals surface area contributed by atoms with Gasteiger partial charge in [0.1, 0.15) is 6.33 Å². The van der Waals surface area contributed by atoms with E-state index in [-0.39, 0.29) is 17.2 Å². The van der Waals surface area contributed by atoms with Crippen LogP contribution in [0.3, 0.4) is 0 Å². The third-order valence-corrected chi connectivity index (χ3v) is 4.02. The summed E-state index contributed by atoms with van der Waals surface area (Å²) in [7, 11) is 3.19. The number of hydrogen-bond donors (Lipinski definition) is 3. The van der Waals surface area contributed by atoms with Crippen LogP contribution in [0.25, 0.3) is 11.4 Å². The van der Waals surface area contributed by atoms with Gasteiger partial charge in [-0.3, -0.25) is 14.3 Å². The number of ether oxygens (including phenoxy) is 1. The first-order chi connectivity index (χ1) is 16.1. The fourth-order valence-electron chi connectivity index (χ4n) is 2.73. The second-order valence-electron chi connectivity index (χ2n) is 6.19. The third kappa shape index (κ3) is 4.83. The second-order valence-corrected chi connectivity index (χ2v) is 6.19. The zero-order chi connectivity index (χ0) is 24.9. The fourth-order valence-corrected chi connectivity index (χ4v) is 2.73. The van der Waals surface area contributed by atoms with Gasteiger partial charge in [-0.05, 0) is 25.1 Å². The topological polar surface area (TPSA) is 136 Å². The first-order valence-corrected chi connectivity index (χ1v) is 9.05. The molecular weight excluding hydrogens is 400 g/mol. The molecule has 0 saturated heterocycles. The fraction of sp³-hybridized carbons (Fsp3) is 0.200. The van der Waals surface area contributed by atoms with Crippen LogP contribution in [0.4, 0.5) is 17.2 Å². The lowest BCUT2D eigenvalue weighted by atomic mass is 10.1. The highest BCUT2D eigenvalue weighted by Gasteiger charge is 2.19. The van der Waals surface area contributed by atoms with E-state index in [1.165, 1.54) is 19.3 Å². The van der Waals surface area contributed by atoms with Crippen molar-refractivity contribution in [2.75, 3.05) is 24.7 Å². The monoisotopic (exact) mass is 425 g/mol. The average molecular weight is 425 g/mol. The molecule has 3 N–H and O–H groups in total. The molecule has 0 spiro atoms. The van der Waals surface area contributed by atoms with Gasteiger partial charge < -0.3 is 20.7 Å². The van der Waals surface area contributed by atoms with Crippen LogP contribution in [0, 0.1) is 0 Å². The SMILES string of the molecule is [2H]C([2H])([2H])NC(=O)c1nnc(NC(=O)C=CC)cc1Nc1cccc(-c2ncn(C)n2)c1OC. The molecule has 2 heterocycles. The average Bonchev–Trinajstić information content (AvgIpc) is 3.18. The Labute approximate surface area is 182 Å². The number of allylic oxidation sites excluding steroid dienone is 1. The number of carbonyl (C=O) groups excluding carboxylic acids is 2. The first kappa shape index (κ1) is 17.6. The van der Waals surface area contributed by atoms with Crippen LogP contribution in [-0.2, 0) is 11.8 Å². The molecule has 2 aromatic heterocycles. The molecule has 0 atom stereocenters. The van der Waals surface area contributed by atoms with Crippen molar-refractivity contribution in [1.82, 2.24) is 30.3 Å². The van der Waals surface area contributed by atoms with E-state index in [4.69, 9.17) is 8.85 Å². The van der Waals surface area contributed by atoms with Crippen LogP contribution >= 0.6 is 0 Å². The lowest BCUT2D eigenvalue weighted by Crippen LogP contribution is -2.22. The number of amides is 2. The second kappa shape index (κ2) is 9.48. The Balaban J connectivity index is 2.06. The number of para-hydroxylation sites is 1. The van der Waals surface area contributed by atoms with E-state index in [0.29, 0.717) is 22.8 Å². The van der Waals surface area contributed by atoms with Crippen molar-refractivity contribution in [3.63, 3.8) is 0 Å². The van der Waals surface area contributed by atoms with Crippen LogP contribution in [0.1, 0.15) is 21.5 Å². The number of hydrogen-bond acceptors (Lipinski definition) is 8. The largest absolute Gasteiger partial charge is 0.494 e. The maximum atomic E-state index is 12.6. The van der Waals surface area contributed by atoms with Gasteiger partial charge in [-0.15, -0.1) is 10.2 Å². The highest BCUT2D eigenvalue weighted by atomic mass is 16.5. The summed E-state index contributed by atoms with van der Waals surface area (Å²) in [6.45, 7) is -1.06. The number of nitrogens with one attached hydrogen (secondary N) is 3. The molecule has 11 heteroatoms. The Morgan fingerprint density at radius 2 is 2.10 bits per heavy atom. The van der Waals surface area contributed by atoms with Crippen LogP contribution in [-0.4, -0.2) is 50.9 Å². The van der Waals surface area contributed by atoms with E-state index < -0.39 is 18.8 Å². The zero-order valence-corrected chi connectivity index (χ0v) is 17.0. The van der Waals surface area contributed by atoms with Gasteiger partial charge in [0.05, 0.1) is 24.0 Å². The number of rotatable bonds is 7. The number of aromatic nitrogens is 5. The molecule has 3 aromatic rings. The number of carbonyl (C=O) groups is 2. The summed E-state index contributed by atoms with van der Waals surface area (Å²) in [6, 6.07) is 6.51. The van der Waals surface area contributed by atoms with Crippen molar-refractivity contribution in [2.24, 2.45) is 7.05 Å². The molecule has 1 aromatic carbocycles. The van der Waals surface area contributed by atoms with Gasteiger partial charge in [-0.25, -0.2) is 4.98 Å². The molecule has 2 amide bonds. The Morgan fingerprint density at radius 3 is 2.77 bits per heavy atom. The summed E-state index contributed by atoms with van der Waals surface area (Å²) in [5.74, 6) is -0.619. The number of anilines is 3. The van der Waals surface area contributed by atoms with Crippen molar-refractivity contribution in [3.05, 3.63) is 48.4 Å². The van der Waals surface area contributed by atoms with Gasteiger partial charge in [0.15, 0.2) is 23.1 Å². The lowest BCUT2D eigenvalue weighted by Gasteiger charge is -2.16. The Kier molecular flexibility index (Phi) is 5.37. The number of methoxy groups -OCH3 is 1. The molecule has 0 bridgehead atoms. The molecule has 160 valence electrons. The minimum atomic E-state index is -2.74. The summed E-state index contributed by atoms with van der Waals surface area (Å²) >= 11 is 0. The summed E-state index contributed by atoms with van der Waals surface area (Å²) in [5, 5.41) is 19.3. The van der Waals surface area contributed by atoms with Gasteiger partial charge in [-0.1, -0.05) is 12.1 Å². The summed E-state index contributed by atoms with van der Waals surface area (Å²) in [4.78, 5) is 28.7. The van der Waals surface area contributed by atoms with Crippen LogP contribution in [0.2, 0.25) is 0 Å². The molecule has 0 aliphatic carbocycles. The quantitative estimate of drug-likeness (QED) is 0.488. The van der Waals surface area contributed by atoms with E-state index in [1.54, 1.807) is 49.3 Å². The molecule has 31 heavy (non-hydrogen) atoms. The number of aryl methyl sites for hydroxylation is 1. The van der Waals surface area contributed by atoms with Crippen molar-refractivity contribution in [3.8, 4) is 17.1 Å². The smallest absolute Gasteiger partial charge is 0.273 e. The summed E-state index contributed by atoms with van der Waals surface area (Å²) in [6.07, 6.45) is 4.37. The molecular formula is C20H22N8O3. The van der Waals surface area contributed by atoms with E-state index in [2.05, 4.69) is 30.9 Å². The van der Waals surface area contributed by atoms with Crippen molar-refractivity contribution in [1.29, 1.82) is 0 Å². The molecule has 11 nitrogen and oxygen atoms in total. The number of nitrogens with zero attached hydrogens (tertiary/aromatic N) is 5. The summed E-state index contributed by atoms with van der Waals surface area (Å²) in [5.41, 5.74) is 0.764. The van der Waals surface area contributed by atoms with Crippen LogP contribution < -0.4 is 20.7 Å². The van der Waals surface area contributed by atoms with Gasteiger partial charge in [0.2, 0.25) is 5.91 Å². The normalized spacial score (nSPS) is 12.5. The van der Waals surface area contributed by atoms with E-state index in [1.807, 2.05) is 5.32 Å². The molecule has 0 fully saturated rings. The molecule has 0 aliphatic heterocycles. The predicted molar refractivity (Wildman–Crippen MR) is 115 cm³/mol. The van der Waals surface area contributed by atoms with Gasteiger partial charge >= 0.3 is 0 Å². The highest BCUT2D eigenvalue weighted by molar-refractivity contribution is 6.01. The third-order valence-electron chi connectivity index (χ3n) is 4.02. The van der Waals surface area contributed by atoms with E-state index in [0.717, 1.165) is 0 Å². The lowest BCUT2D eigenvalue weighted by molar-refractivity contribution is -0.111. The Morgan fingerprint density at radius 1 is 1.26 bits per heavy atom.